The maximum atomic E-state index is 12.5. The van der Waals surface area contributed by atoms with Crippen LogP contribution in [0.2, 0.25) is 0 Å². The smallest absolute Gasteiger partial charge is 0.318 e. The maximum Gasteiger partial charge on any atom is 0.318 e. The van der Waals surface area contributed by atoms with Crippen molar-refractivity contribution in [3.63, 3.8) is 0 Å². The standard InChI is InChI=1S/C15H22N2O3S/c1-11-9-21-10-12(11)7-16-15(18)17-4-6-19-8-13(17)14-3-2-5-20-14/h9-10,13-14H,2-8H2,1H3,(H,16,18)/t13-,14-/m1/s1. The molecule has 116 valence electrons. The van der Waals surface area contributed by atoms with E-state index in [9.17, 15) is 4.79 Å². The summed E-state index contributed by atoms with van der Waals surface area (Å²) < 4.78 is 11.3. The van der Waals surface area contributed by atoms with Crippen LogP contribution in [0.4, 0.5) is 4.79 Å². The molecule has 0 spiro atoms. The van der Waals surface area contributed by atoms with Crippen molar-refractivity contribution in [2.75, 3.05) is 26.4 Å². The first-order chi connectivity index (χ1) is 10.3. The highest BCUT2D eigenvalue weighted by Gasteiger charge is 2.35. The summed E-state index contributed by atoms with van der Waals surface area (Å²) in [5.74, 6) is 0. The average molecular weight is 310 g/mol. The van der Waals surface area contributed by atoms with Crippen LogP contribution in [0.25, 0.3) is 0 Å². The molecule has 0 aliphatic carbocycles. The van der Waals surface area contributed by atoms with Crippen LogP contribution in [-0.4, -0.2) is 49.4 Å². The zero-order valence-electron chi connectivity index (χ0n) is 12.3. The summed E-state index contributed by atoms with van der Waals surface area (Å²) >= 11 is 1.67. The summed E-state index contributed by atoms with van der Waals surface area (Å²) in [6, 6.07) is 0.0363. The molecular weight excluding hydrogens is 288 g/mol. The second-order valence-electron chi connectivity index (χ2n) is 5.63. The molecule has 0 radical (unpaired) electrons. The van der Waals surface area contributed by atoms with Gasteiger partial charge in [-0.25, -0.2) is 4.79 Å². The maximum absolute atomic E-state index is 12.5. The quantitative estimate of drug-likeness (QED) is 0.930. The predicted molar refractivity (Wildman–Crippen MR) is 81.6 cm³/mol. The molecule has 2 aliphatic heterocycles. The fourth-order valence-corrected chi connectivity index (χ4v) is 3.79. The van der Waals surface area contributed by atoms with Gasteiger partial charge in [-0.05, 0) is 41.7 Å². The Morgan fingerprint density at radius 3 is 3.10 bits per heavy atom. The van der Waals surface area contributed by atoms with Gasteiger partial charge in [-0.1, -0.05) is 0 Å². The Hall–Kier alpha value is -1.11. The second kappa shape index (κ2) is 6.77. The fourth-order valence-electron chi connectivity index (χ4n) is 2.93. The number of thiophene rings is 1. The fraction of sp³-hybridized carbons (Fsp3) is 0.667. The molecule has 21 heavy (non-hydrogen) atoms. The minimum Gasteiger partial charge on any atom is -0.377 e. The third kappa shape index (κ3) is 3.39. The van der Waals surface area contributed by atoms with Gasteiger partial charge >= 0.3 is 6.03 Å². The topological polar surface area (TPSA) is 50.8 Å². The number of urea groups is 1. The molecule has 0 unspecified atom stereocenters. The third-order valence-electron chi connectivity index (χ3n) is 4.21. The molecule has 1 aromatic rings. The number of amides is 2. The van der Waals surface area contributed by atoms with Gasteiger partial charge in [0.15, 0.2) is 0 Å². The lowest BCUT2D eigenvalue weighted by Crippen LogP contribution is -2.56. The van der Waals surface area contributed by atoms with E-state index < -0.39 is 0 Å². The van der Waals surface area contributed by atoms with Crippen LogP contribution in [0.15, 0.2) is 10.8 Å². The van der Waals surface area contributed by atoms with E-state index in [0.717, 1.165) is 19.4 Å². The number of nitrogens with zero attached hydrogens (tertiary/aromatic N) is 1. The number of hydrogen-bond acceptors (Lipinski definition) is 4. The lowest BCUT2D eigenvalue weighted by atomic mass is 10.1. The van der Waals surface area contributed by atoms with Crippen LogP contribution in [0.5, 0.6) is 0 Å². The lowest BCUT2D eigenvalue weighted by molar-refractivity contribution is -0.0473. The van der Waals surface area contributed by atoms with E-state index in [1.807, 2.05) is 4.90 Å². The minimum atomic E-state index is -0.00981. The molecule has 2 atom stereocenters. The van der Waals surface area contributed by atoms with Gasteiger partial charge in [-0.3, -0.25) is 0 Å². The summed E-state index contributed by atoms with van der Waals surface area (Å²) in [6.07, 6.45) is 2.21. The number of morpholine rings is 1. The first-order valence-electron chi connectivity index (χ1n) is 7.51. The van der Waals surface area contributed by atoms with Crippen LogP contribution >= 0.6 is 11.3 Å². The summed E-state index contributed by atoms with van der Waals surface area (Å²) in [7, 11) is 0. The zero-order chi connectivity index (χ0) is 14.7. The molecule has 2 saturated heterocycles. The van der Waals surface area contributed by atoms with Crippen LogP contribution in [0, 0.1) is 6.92 Å². The van der Waals surface area contributed by atoms with Gasteiger partial charge in [0.1, 0.15) is 0 Å². The van der Waals surface area contributed by atoms with E-state index in [-0.39, 0.29) is 18.2 Å². The Morgan fingerprint density at radius 2 is 2.38 bits per heavy atom. The molecule has 3 heterocycles. The van der Waals surface area contributed by atoms with Crippen LogP contribution < -0.4 is 5.32 Å². The molecule has 2 aliphatic rings. The van der Waals surface area contributed by atoms with Crippen LogP contribution in [0.3, 0.4) is 0 Å². The number of ether oxygens (including phenoxy) is 2. The van der Waals surface area contributed by atoms with E-state index in [0.29, 0.717) is 26.3 Å². The van der Waals surface area contributed by atoms with Crippen molar-refractivity contribution in [1.82, 2.24) is 10.2 Å². The molecule has 6 heteroatoms. The Bertz CT molecular complexity index is 485. The molecule has 0 aromatic carbocycles. The van der Waals surface area contributed by atoms with Crippen molar-refractivity contribution >= 4 is 17.4 Å². The van der Waals surface area contributed by atoms with Gasteiger partial charge in [0.25, 0.3) is 0 Å². The summed E-state index contributed by atoms with van der Waals surface area (Å²) in [4.78, 5) is 14.4. The first kappa shape index (κ1) is 14.8. The molecule has 5 nitrogen and oxygen atoms in total. The summed E-state index contributed by atoms with van der Waals surface area (Å²) in [5, 5.41) is 7.22. The van der Waals surface area contributed by atoms with Crippen molar-refractivity contribution in [2.45, 2.75) is 38.5 Å². The minimum absolute atomic E-state index is 0.00981. The van der Waals surface area contributed by atoms with E-state index in [1.54, 1.807) is 11.3 Å². The average Bonchev–Trinajstić information content (AvgIpc) is 3.16. The molecular formula is C15H22N2O3S. The third-order valence-corrected chi connectivity index (χ3v) is 5.12. The normalized spacial score (nSPS) is 26.0. The molecule has 2 amide bonds. The number of carbonyl (C=O) groups is 1. The highest BCUT2D eigenvalue weighted by atomic mass is 32.1. The van der Waals surface area contributed by atoms with Crippen molar-refractivity contribution in [1.29, 1.82) is 0 Å². The van der Waals surface area contributed by atoms with E-state index in [2.05, 4.69) is 23.0 Å². The Labute approximate surface area is 129 Å². The van der Waals surface area contributed by atoms with E-state index >= 15 is 0 Å². The predicted octanol–water partition coefficient (Wildman–Crippen LogP) is 2.15. The Balaban J connectivity index is 1.59. The number of rotatable bonds is 3. The summed E-state index contributed by atoms with van der Waals surface area (Å²) in [5.41, 5.74) is 2.42. The van der Waals surface area contributed by atoms with Gasteiger partial charge in [0.05, 0.1) is 25.4 Å². The number of carbonyl (C=O) groups excluding carboxylic acids is 1. The molecule has 0 bridgehead atoms. The van der Waals surface area contributed by atoms with Crippen molar-refractivity contribution in [2.24, 2.45) is 0 Å². The van der Waals surface area contributed by atoms with Crippen LogP contribution in [0.1, 0.15) is 24.0 Å². The molecule has 3 rings (SSSR count). The van der Waals surface area contributed by atoms with E-state index in [4.69, 9.17) is 9.47 Å². The zero-order valence-corrected chi connectivity index (χ0v) is 13.2. The van der Waals surface area contributed by atoms with Gasteiger partial charge < -0.3 is 19.7 Å². The molecule has 1 aromatic heterocycles. The van der Waals surface area contributed by atoms with Crippen molar-refractivity contribution < 1.29 is 14.3 Å². The molecule has 0 saturated carbocycles. The van der Waals surface area contributed by atoms with Gasteiger partial charge in [0.2, 0.25) is 0 Å². The second-order valence-corrected chi connectivity index (χ2v) is 6.37. The van der Waals surface area contributed by atoms with Gasteiger partial charge in [0, 0.05) is 19.7 Å². The van der Waals surface area contributed by atoms with Gasteiger partial charge in [-0.15, -0.1) is 0 Å². The molecule has 1 N–H and O–H groups in total. The Morgan fingerprint density at radius 1 is 1.48 bits per heavy atom. The molecule has 2 fully saturated rings. The number of nitrogens with one attached hydrogen (secondary N) is 1. The van der Waals surface area contributed by atoms with E-state index in [1.165, 1.54) is 11.1 Å². The lowest BCUT2D eigenvalue weighted by Gasteiger charge is -2.38. The van der Waals surface area contributed by atoms with Crippen LogP contribution in [-0.2, 0) is 16.0 Å². The number of aryl methyl sites for hydroxylation is 1. The van der Waals surface area contributed by atoms with Crippen molar-refractivity contribution in [3.8, 4) is 0 Å². The highest BCUT2D eigenvalue weighted by molar-refractivity contribution is 7.08. The number of hydrogen-bond donors (Lipinski definition) is 1. The largest absolute Gasteiger partial charge is 0.377 e. The van der Waals surface area contributed by atoms with Gasteiger partial charge in [-0.2, -0.15) is 11.3 Å². The monoisotopic (exact) mass is 310 g/mol. The first-order valence-corrected chi connectivity index (χ1v) is 8.45. The Kier molecular flexibility index (Phi) is 4.77. The highest BCUT2D eigenvalue weighted by Crippen LogP contribution is 2.22. The van der Waals surface area contributed by atoms with Crippen molar-refractivity contribution in [3.05, 3.63) is 21.9 Å². The SMILES string of the molecule is Cc1cscc1CNC(=O)N1CCOC[C@@H]1[C@H]1CCCO1. The summed E-state index contributed by atoms with van der Waals surface area (Å²) in [6.45, 7) is 5.28.